The number of hydrogen-bond donors (Lipinski definition) is 0. The molecule has 1 atom stereocenters. The van der Waals surface area contributed by atoms with Crippen LogP contribution in [-0.4, -0.2) is 31.4 Å². The van der Waals surface area contributed by atoms with E-state index in [1.165, 1.54) is 33.7 Å². The molecule has 1 unspecified atom stereocenters. The zero-order valence-corrected chi connectivity index (χ0v) is 16.9. The lowest BCUT2D eigenvalue weighted by Gasteiger charge is -2.23. The molecule has 148 valence electrons. The quantitative estimate of drug-likeness (QED) is 0.443. The van der Waals surface area contributed by atoms with Gasteiger partial charge in [0, 0.05) is 11.8 Å². The highest BCUT2D eigenvalue weighted by atomic mass is 32.2. The zero-order chi connectivity index (χ0) is 19.8. The molecule has 4 heterocycles. The zero-order valence-electron chi connectivity index (χ0n) is 15.3. The van der Waals surface area contributed by atoms with E-state index < -0.39 is 6.10 Å². The van der Waals surface area contributed by atoms with Crippen molar-refractivity contribution in [3.05, 3.63) is 57.3 Å². The molecular weight excluding hydrogens is 414 g/mol. The van der Waals surface area contributed by atoms with Gasteiger partial charge in [0.2, 0.25) is 11.1 Å². The minimum absolute atomic E-state index is 0.195. The molecule has 9 nitrogen and oxygen atoms in total. The maximum absolute atomic E-state index is 12.2. The van der Waals surface area contributed by atoms with E-state index in [1.807, 2.05) is 31.2 Å². The lowest BCUT2D eigenvalue weighted by molar-refractivity contribution is 0.0686. The lowest BCUT2D eigenvalue weighted by Crippen LogP contribution is -2.21. The molecule has 0 amide bonds. The lowest BCUT2D eigenvalue weighted by atomic mass is 10.2. The number of benzene rings is 1. The van der Waals surface area contributed by atoms with E-state index in [9.17, 15) is 4.79 Å². The number of fused-ring (bicyclic) bond motifs is 2. The Hall–Kier alpha value is -2.92. The van der Waals surface area contributed by atoms with Crippen LogP contribution in [0.25, 0.3) is 4.96 Å². The summed E-state index contributed by atoms with van der Waals surface area (Å²) in [4.78, 5) is 17.3. The SMILES string of the molecule is CCc1nn2c(=O)cc(CSc3nnc(C4COc5ccccc5O4)o3)nc2s1. The van der Waals surface area contributed by atoms with Gasteiger partial charge in [-0.05, 0) is 18.6 Å². The summed E-state index contributed by atoms with van der Waals surface area (Å²) in [7, 11) is 0. The Morgan fingerprint density at radius 3 is 3.00 bits per heavy atom. The second kappa shape index (κ2) is 7.48. The molecule has 3 aromatic heterocycles. The smallest absolute Gasteiger partial charge is 0.277 e. The fourth-order valence-corrected chi connectivity index (χ4v) is 4.32. The minimum atomic E-state index is -0.462. The van der Waals surface area contributed by atoms with Gasteiger partial charge in [-0.25, -0.2) is 4.98 Å². The van der Waals surface area contributed by atoms with Gasteiger partial charge in [-0.1, -0.05) is 42.2 Å². The molecular formula is C18H15N5O4S2. The maximum atomic E-state index is 12.2. The minimum Gasteiger partial charge on any atom is -0.485 e. The first-order valence-electron chi connectivity index (χ1n) is 8.93. The van der Waals surface area contributed by atoms with Gasteiger partial charge in [0.25, 0.3) is 16.7 Å². The standard InChI is InChI=1S/C18H15N5O4S2/c1-2-14-22-23-15(24)7-10(19-17(23)29-14)9-28-18-21-20-16(27-18)13-8-25-11-5-3-4-6-12(11)26-13/h3-7,13H,2,8-9H2,1H3. The van der Waals surface area contributed by atoms with E-state index in [-0.39, 0.29) is 5.56 Å². The van der Waals surface area contributed by atoms with Gasteiger partial charge < -0.3 is 13.9 Å². The first-order valence-corrected chi connectivity index (χ1v) is 10.7. The fraction of sp³-hybridized carbons (Fsp3) is 0.278. The van der Waals surface area contributed by atoms with Crippen molar-refractivity contribution in [2.75, 3.05) is 6.61 Å². The largest absolute Gasteiger partial charge is 0.485 e. The Morgan fingerprint density at radius 2 is 2.14 bits per heavy atom. The van der Waals surface area contributed by atoms with Crippen LogP contribution >= 0.6 is 23.1 Å². The number of ether oxygens (including phenoxy) is 2. The highest BCUT2D eigenvalue weighted by molar-refractivity contribution is 7.98. The Morgan fingerprint density at radius 1 is 1.28 bits per heavy atom. The molecule has 29 heavy (non-hydrogen) atoms. The number of thioether (sulfide) groups is 1. The van der Waals surface area contributed by atoms with Crippen molar-refractivity contribution in [2.24, 2.45) is 0 Å². The Labute approximate surface area is 172 Å². The van der Waals surface area contributed by atoms with Crippen LogP contribution in [-0.2, 0) is 12.2 Å². The van der Waals surface area contributed by atoms with Crippen LogP contribution in [0.1, 0.15) is 29.6 Å². The number of aryl methyl sites for hydroxylation is 1. The van der Waals surface area contributed by atoms with Gasteiger partial charge >= 0.3 is 0 Å². The van der Waals surface area contributed by atoms with Gasteiger partial charge in [-0.3, -0.25) is 4.79 Å². The highest BCUT2D eigenvalue weighted by Gasteiger charge is 2.27. The van der Waals surface area contributed by atoms with E-state index >= 15 is 0 Å². The molecule has 0 saturated carbocycles. The number of rotatable bonds is 5. The third kappa shape index (κ3) is 3.58. The molecule has 1 aliphatic rings. The summed E-state index contributed by atoms with van der Waals surface area (Å²) < 4.78 is 18.6. The van der Waals surface area contributed by atoms with Crippen LogP contribution in [0, 0.1) is 0 Å². The van der Waals surface area contributed by atoms with Crippen LogP contribution in [0.15, 0.2) is 44.8 Å². The van der Waals surface area contributed by atoms with E-state index in [0.29, 0.717) is 45.6 Å². The van der Waals surface area contributed by atoms with Crippen molar-refractivity contribution in [1.29, 1.82) is 0 Å². The van der Waals surface area contributed by atoms with E-state index in [0.717, 1.165) is 11.4 Å². The second-order valence-electron chi connectivity index (χ2n) is 6.19. The Kier molecular flexibility index (Phi) is 4.68. The summed E-state index contributed by atoms with van der Waals surface area (Å²) in [5.41, 5.74) is 0.441. The van der Waals surface area contributed by atoms with Gasteiger partial charge in [0.15, 0.2) is 11.5 Å². The summed E-state index contributed by atoms with van der Waals surface area (Å²) in [5.74, 6) is 2.11. The molecule has 0 fully saturated rings. The predicted octanol–water partition coefficient (Wildman–Crippen LogP) is 2.90. The van der Waals surface area contributed by atoms with Crippen LogP contribution in [0.4, 0.5) is 0 Å². The normalized spacial score (nSPS) is 15.7. The Bertz CT molecular complexity index is 1230. The van der Waals surface area contributed by atoms with Crippen molar-refractivity contribution in [2.45, 2.75) is 30.4 Å². The van der Waals surface area contributed by atoms with Crippen molar-refractivity contribution in [3.63, 3.8) is 0 Å². The number of nitrogens with zero attached hydrogens (tertiary/aromatic N) is 5. The summed E-state index contributed by atoms with van der Waals surface area (Å²) in [6.07, 6.45) is 0.301. The maximum Gasteiger partial charge on any atom is 0.277 e. The van der Waals surface area contributed by atoms with E-state index in [4.69, 9.17) is 13.9 Å². The molecule has 0 spiro atoms. The second-order valence-corrected chi connectivity index (χ2v) is 8.16. The average molecular weight is 429 g/mol. The van der Waals surface area contributed by atoms with Crippen molar-refractivity contribution in [1.82, 2.24) is 24.8 Å². The monoisotopic (exact) mass is 429 g/mol. The third-order valence-electron chi connectivity index (χ3n) is 4.19. The topological polar surface area (TPSA) is 105 Å². The molecule has 0 radical (unpaired) electrons. The van der Waals surface area contributed by atoms with Crippen molar-refractivity contribution in [3.8, 4) is 11.5 Å². The molecule has 0 saturated heterocycles. The Balaban J connectivity index is 1.29. The fourth-order valence-electron chi connectivity index (χ4n) is 2.80. The molecule has 1 aliphatic heterocycles. The van der Waals surface area contributed by atoms with E-state index in [2.05, 4.69) is 20.3 Å². The van der Waals surface area contributed by atoms with Crippen LogP contribution in [0.3, 0.4) is 0 Å². The van der Waals surface area contributed by atoms with Crippen molar-refractivity contribution >= 4 is 28.1 Å². The summed E-state index contributed by atoms with van der Waals surface area (Å²) in [5, 5.41) is 13.6. The van der Waals surface area contributed by atoms with Crippen LogP contribution < -0.4 is 15.0 Å². The van der Waals surface area contributed by atoms with Gasteiger partial charge in [-0.15, -0.1) is 10.2 Å². The highest BCUT2D eigenvalue weighted by Crippen LogP contribution is 2.36. The molecule has 0 bridgehead atoms. The number of aromatic nitrogens is 5. The van der Waals surface area contributed by atoms with E-state index in [1.54, 1.807) is 0 Å². The van der Waals surface area contributed by atoms with Gasteiger partial charge in [0.05, 0.1) is 5.69 Å². The summed E-state index contributed by atoms with van der Waals surface area (Å²) >= 11 is 2.72. The molecule has 11 heteroatoms. The number of para-hydroxylation sites is 2. The summed E-state index contributed by atoms with van der Waals surface area (Å²) in [6, 6.07) is 8.91. The number of hydrogen-bond acceptors (Lipinski definition) is 10. The van der Waals surface area contributed by atoms with Gasteiger partial charge in [0.1, 0.15) is 11.6 Å². The van der Waals surface area contributed by atoms with Crippen molar-refractivity contribution < 1.29 is 13.9 Å². The molecule has 0 N–H and O–H groups in total. The van der Waals surface area contributed by atoms with Gasteiger partial charge in [-0.2, -0.15) is 9.61 Å². The third-order valence-corrected chi connectivity index (χ3v) is 6.10. The first-order chi connectivity index (χ1) is 14.2. The van der Waals surface area contributed by atoms with Crippen LogP contribution in [0.5, 0.6) is 11.5 Å². The molecule has 5 rings (SSSR count). The average Bonchev–Trinajstić information content (AvgIpc) is 3.39. The molecule has 4 aromatic rings. The summed E-state index contributed by atoms with van der Waals surface area (Å²) in [6.45, 7) is 2.29. The predicted molar refractivity (Wildman–Crippen MR) is 106 cm³/mol. The first kappa shape index (κ1) is 18.1. The molecule has 0 aliphatic carbocycles. The molecule has 1 aromatic carbocycles. The van der Waals surface area contributed by atoms with Crippen LogP contribution in [0.2, 0.25) is 0 Å².